The predicted octanol–water partition coefficient (Wildman–Crippen LogP) is -0.336. The Hall–Kier alpha value is -1.32. The summed E-state index contributed by atoms with van der Waals surface area (Å²) in [5, 5.41) is 0. The molecule has 1 aromatic heterocycles. The first-order valence-corrected chi connectivity index (χ1v) is 4.50. The van der Waals surface area contributed by atoms with Crippen LogP contribution in [-0.4, -0.2) is 9.13 Å². The summed E-state index contributed by atoms with van der Waals surface area (Å²) in [6.07, 6.45) is 2.03. The molecule has 0 N–H and O–H groups in total. The number of hydrogen-bond acceptors (Lipinski definition) is 2. The lowest BCUT2D eigenvalue weighted by Gasteiger charge is -2.06. The number of fused-ring (bicyclic) bond motifs is 3. The molecule has 68 valence electrons. The molecule has 0 amide bonds. The fourth-order valence-electron chi connectivity index (χ4n) is 2.24. The number of hydrogen-bond donors (Lipinski definition) is 0. The maximum atomic E-state index is 11.6. The summed E-state index contributed by atoms with van der Waals surface area (Å²) in [5.74, 6) is 0.634. The molecule has 1 aromatic rings. The average molecular weight is 178 g/mol. The largest absolute Gasteiger partial charge is 0.331 e. The highest BCUT2D eigenvalue weighted by molar-refractivity contribution is 5.17. The Morgan fingerprint density at radius 3 is 3.00 bits per heavy atom. The van der Waals surface area contributed by atoms with Gasteiger partial charge in [0.15, 0.2) is 0 Å². The molecule has 0 spiro atoms. The van der Waals surface area contributed by atoms with E-state index >= 15 is 0 Å². The second-order valence-corrected chi connectivity index (χ2v) is 3.95. The second-order valence-electron chi connectivity index (χ2n) is 3.95. The molecule has 1 aliphatic heterocycles. The lowest BCUT2D eigenvalue weighted by Crippen LogP contribution is -2.37. The van der Waals surface area contributed by atoms with E-state index in [0.717, 1.165) is 18.5 Å². The fraction of sp³-hybridized carbons (Fsp3) is 0.556. The van der Waals surface area contributed by atoms with Crippen molar-refractivity contribution in [1.82, 2.24) is 9.13 Å². The molecule has 3 rings (SSSR count). The summed E-state index contributed by atoms with van der Waals surface area (Å²) in [5.41, 5.74) is 0.597. The molecule has 2 aliphatic rings. The van der Waals surface area contributed by atoms with Gasteiger partial charge in [0.1, 0.15) is 0 Å². The first-order chi connectivity index (χ1) is 6.18. The molecule has 2 heterocycles. The van der Waals surface area contributed by atoms with E-state index in [0.29, 0.717) is 12.0 Å². The normalized spacial score (nSPS) is 28.4. The van der Waals surface area contributed by atoms with Crippen LogP contribution in [0.3, 0.4) is 0 Å². The minimum atomic E-state index is -0.183. The molecule has 4 nitrogen and oxygen atoms in total. The van der Waals surface area contributed by atoms with E-state index in [2.05, 4.69) is 0 Å². The van der Waals surface area contributed by atoms with E-state index in [1.165, 1.54) is 11.6 Å². The predicted molar refractivity (Wildman–Crippen MR) is 46.8 cm³/mol. The topological polar surface area (TPSA) is 44.0 Å². The standard InChI is InChI=1S/C9H10N2O2/c1-10-8(12)4-6-2-5-3-7(5)11(6)9(10)13/h4-5,7H,2-3H2,1H3/t5-,7+/m1/s1. The maximum Gasteiger partial charge on any atom is 0.331 e. The summed E-state index contributed by atoms with van der Waals surface area (Å²) in [4.78, 5) is 22.9. The van der Waals surface area contributed by atoms with Gasteiger partial charge >= 0.3 is 5.69 Å². The van der Waals surface area contributed by atoms with Crippen molar-refractivity contribution in [3.05, 3.63) is 32.6 Å². The van der Waals surface area contributed by atoms with Crippen LogP contribution >= 0.6 is 0 Å². The average Bonchev–Trinajstić information content (AvgIpc) is 2.74. The van der Waals surface area contributed by atoms with Gasteiger partial charge in [-0.05, 0) is 18.8 Å². The van der Waals surface area contributed by atoms with Gasteiger partial charge in [-0.15, -0.1) is 0 Å². The molecule has 4 heteroatoms. The van der Waals surface area contributed by atoms with Crippen LogP contribution in [0.5, 0.6) is 0 Å². The van der Waals surface area contributed by atoms with Crippen LogP contribution in [0.4, 0.5) is 0 Å². The van der Waals surface area contributed by atoms with Gasteiger partial charge in [0.05, 0.1) is 0 Å². The van der Waals surface area contributed by atoms with Crippen molar-refractivity contribution in [2.75, 3.05) is 0 Å². The third-order valence-corrected chi connectivity index (χ3v) is 3.11. The minimum Gasteiger partial charge on any atom is -0.294 e. The van der Waals surface area contributed by atoms with E-state index in [4.69, 9.17) is 0 Å². The Kier molecular flexibility index (Phi) is 1.07. The minimum absolute atomic E-state index is 0.146. The molecular formula is C9H10N2O2. The molecule has 0 unspecified atom stereocenters. The van der Waals surface area contributed by atoms with Crippen LogP contribution in [0.1, 0.15) is 18.2 Å². The summed E-state index contributed by atoms with van der Waals surface area (Å²) < 4.78 is 2.97. The zero-order chi connectivity index (χ0) is 9.16. The molecule has 1 aliphatic carbocycles. The molecule has 1 saturated carbocycles. The quantitative estimate of drug-likeness (QED) is 0.545. The summed E-state index contributed by atoms with van der Waals surface area (Å²) in [6, 6.07) is 1.99. The lowest BCUT2D eigenvalue weighted by atomic mass is 10.2. The zero-order valence-electron chi connectivity index (χ0n) is 7.36. The monoisotopic (exact) mass is 178 g/mol. The summed E-state index contributed by atoms with van der Waals surface area (Å²) >= 11 is 0. The first-order valence-electron chi connectivity index (χ1n) is 4.50. The maximum absolute atomic E-state index is 11.6. The van der Waals surface area contributed by atoms with Crippen LogP contribution < -0.4 is 11.2 Å². The van der Waals surface area contributed by atoms with Crippen molar-refractivity contribution in [1.29, 1.82) is 0 Å². The van der Waals surface area contributed by atoms with Gasteiger partial charge in [0.25, 0.3) is 5.56 Å². The smallest absolute Gasteiger partial charge is 0.294 e. The molecule has 2 atom stereocenters. The van der Waals surface area contributed by atoms with Crippen molar-refractivity contribution in [3.8, 4) is 0 Å². The fourth-order valence-corrected chi connectivity index (χ4v) is 2.24. The highest BCUT2D eigenvalue weighted by Crippen LogP contribution is 2.49. The Balaban J connectivity index is 2.41. The van der Waals surface area contributed by atoms with E-state index in [1.807, 2.05) is 0 Å². The van der Waals surface area contributed by atoms with Gasteiger partial charge in [-0.1, -0.05) is 0 Å². The Labute approximate surface area is 74.4 Å². The van der Waals surface area contributed by atoms with Crippen LogP contribution in [0.2, 0.25) is 0 Å². The van der Waals surface area contributed by atoms with Gasteiger partial charge in [0.2, 0.25) is 0 Å². The van der Waals surface area contributed by atoms with E-state index in [-0.39, 0.29) is 11.2 Å². The Bertz CT molecular complexity index is 497. The summed E-state index contributed by atoms with van der Waals surface area (Å²) in [6.45, 7) is 0. The lowest BCUT2D eigenvalue weighted by molar-refractivity contribution is 0.620. The number of aromatic nitrogens is 2. The van der Waals surface area contributed by atoms with Crippen molar-refractivity contribution >= 4 is 0 Å². The van der Waals surface area contributed by atoms with Gasteiger partial charge in [-0.2, -0.15) is 0 Å². The van der Waals surface area contributed by atoms with Crippen LogP contribution in [-0.2, 0) is 13.5 Å². The van der Waals surface area contributed by atoms with Gasteiger partial charge in [0, 0.05) is 24.8 Å². The molecule has 13 heavy (non-hydrogen) atoms. The van der Waals surface area contributed by atoms with Crippen LogP contribution in [0.15, 0.2) is 15.7 Å². The van der Waals surface area contributed by atoms with Crippen molar-refractivity contribution in [3.63, 3.8) is 0 Å². The Morgan fingerprint density at radius 2 is 2.23 bits per heavy atom. The molecule has 0 radical (unpaired) electrons. The molecule has 0 aromatic carbocycles. The van der Waals surface area contributed by atoms with Gasteiger partial charge < -0.3 is 0 Å². The van der Waals surface area contributed by atoms with E-state index in [9.17, 15) is 9.59 Å². The highest BCUT2D eigenvalue weighted by Gasteiger charge is 2.46. The van der Waals surface area contributed by atoms with E-state index in [1.54, 1.807) is 10.6 Å². The second kappa shape index (κ2) is 1.95. The van der Waals surface area contributed by atoms with Crippen molar-refractivity contribution in [2.45, 2.75) is 18.9 Å². The van der Waals surface area contributed by atoms with Gasteiger partial charge in [-0.3, -0.25) is 13.9 Å². The van der Waals surface area contributed by atoms with Crippen LogP contribution in [0.25, 0.3) is 0 Å². The molecule has 0 saturated heterocycles. The highest BCUT2D eigenvalue weighted by atomic mass is 16.2. The van der Waals surface area contributed by atoms with Crippen molar-refractivity contribution < 1.29 is 0 Å². The van der Waals surface area contributed by atoms with Crippen molar-refractivity contribution in [2.24, 2.45) is 13.0 Å². The third kappa shape index (κ3) is 0.753. The number of rotatable bonds is 0. The summed E-state index contributed by atoms with van der Waals surface area (Å²) in [7, 11) is 1.54. The van der Waals surface area contributed by atoms with Crippen LogP contribution in [0, 0.1) is 5.92 Å². The molecular weight excluding hydrogens is 168 g/mol. The number of nitrogens with zero attached hydrogens (tertiary/aromatic N) is 2. The molecule has 1 fully saturated rings. The van der Waals surface area contributed by atoms with Gasteiger partial charge in [-0.25, -0.2) is 4.79 Å². The SMILES string of the molecule is Cn1c(=O)cc2n(c1=O)[C@H]1C[C@H]1C2. The third-order valence-electron chi connectivity index (χ3n) is 3.11. The van der Waals surface area contributed by atoms with E-state index < -0.39 is 0 Å². The zero-order valence-corrected chi connectivity index (χ0v) is 7.36. The molecule has 0 bridgehead atoms. The first kappa shape index (κ1) is 7.12. The Morgan fingerprint density at radius 1 is 1.46 bits per heavy atom.